The lowest BCUT2D eigenvalue weighted by molar-refractivity contribution is -0.120. The van der Waals surface area contributed by atoms with Crippen LogP contribution in [0.25, 0.3) is 0 Å². The van der Waals surface area contributed by atoms with Gasteiger partial charge in [0.1, 0.15) is 11.6 Å². The molecule has 0 saturated heterocycles. The lowest BCUT2D eigenvalue weighted by Crippen LogP contribution is -2.27. The number of benzene rings is 1. The molecular formula is C15H19FN2O2. The van der Waals surface area contributed by atoms with E-state index in [-0.39, 0.29) is 23.4 Å². The Morgan fingerprint density at radius 1 is 1.30 bits per heavy atom. The molecule has 0 aliphatic heterocycles. The van der Waals surface area contributed by atoms with Gasteiger partial charge in [0, 0.05) is 26.9 Å². The summed E-state index contributed by atoms with van der Waals surface area (Å²) in [5.74, 6) is 0.0898. The van der Waals surface area contributed by atoms with E-state index >= 15 is 0 Å². The molecule has 0 bridgehead atoms. The zero-order chi connectivity index (χ0) is 14.7. The van der Waals surface area contributed by atoms with Crippen molar-refractivity contribution in [1.29, 1.82) is 0 Å². The number of anilines is 1. The molecule has 5 heteroatoms. The lowest BCUT2D eigenvalue weighted by Gasteiger charge is -2.22. The summed E-state index contributed by atoms with van der Waals surface area (Å²) >= 11 is 0. The Kier molecular flexibility index (Phi) is 4.37. The number of nitrogens with one attached hydrogen (secondary N) is 1. The minimum Gasteiger partial charge on any atom is -0.331 e. The first-order chi connectivity index (χ1) is 9.47. The van der Waals surface area contributed by atoms with Gasteiger partial charge in [-0.25, -0.2) is 9.18 Å². The van der Waals surface area contributed by atoms with Gasteiger partial charge in [-0.1, -0.05) is 6.07 Å². The average molecular weight is 278 g/mol. The number of halogens is 1. The Balaban J connectivity index is 2.09. The SMILES string of the molecule is CN(C)C(=O)Nc1ccc(C2CCC(=O)CC2)cc1F. The fourth-order valence-electron chi connectivity index (χ4n) is 2.39. The van der Waals surface area contributed by atoms with Crippen molar-refractivity contribution in [2.24, 2.45) is 0 Å². The van der Waals surface area contributed by atoms with E-state index < -0.39 is 5.82 Å². The highest BCUT2D eigenvalue weighted by atomic mass is 19.1. The number of Topliss-reactive ketones (excluding diaryl/α,β-unsaturated/α-hetero) is 1. The molecule has 0 spiro atoms. The number of hydrogen-bond acceptors (Lipinski definition) is 2. The molecule has 1 aliphatic rings. The van der Waals surface area contributed by atoms with Crippen molar-refractivity contribution in [3.05, 3.63) is 29.6 Å². The molecule has 1 N–H and O–H groups in total. The highest BCUT2D eigenvalue weighted by molar-refractivity contribution is 5.89. The molecule has 0 atom stereocenters. The number of amides is 2. The highest BCUT2D eigenvalue weighted by Crippen LogP contribution is 2.32. The molecule has 0 heterocycles. The van der Waals surface area contributed by atoms with Crippen LogP contribution in [-0.2, 0) is 4.79 Å². The van der Waals surface area contributed by atoms with Crippen LogP contribution in [0.1, 0.15) is 37.2 Å². The van der Waals surface area contributed by atoms with Gasteiger partial charge in [0.15, 0.2) is 0 Å². The molecule has 1 aliphatic carbocycles. The largest absolute Gasteiger partial charge is 0.331 e. The third-order valence-electron chi connectivity index (χ3n) is 3.66. The molecular weight excluding hydrogens is 259 g/mol. The Labute approximate surface area is 118 Å². The Bertz CT molecular complexity index is 519. The van der Waals surface area contributed by atoms with E-state index in [2.05, 4.69) is 5.32 Å². The van der Waals surface area contributed by atoms with E-state index in [1.165, 1.54) is 11.0 Å². The first-order valence-electron chi connectivity index (χ1n) is 6.77. The van der Waals surface area contributed by atoms with Gasteiger partial charge in [0.2, 0.25) is 0 Å². The van der Waals surface area contributed by atoms with E-state index in [0.717, 1.165) is 18.4 Å². The number of nitrogens with zero attached hydrogens (tertiary/aromatic N) is 1. The zero-order valence-electron chi connectivity index (χ0n) is 11.8. The van der Waals surface area contributed by atoms with Crippen LogP contribution in [-0.4, -0.2) is 30.8 Å². The summed E-state index contributed by atoms with van der Waals surface area (Å²) in [5, 5.41) is 2.50. The van der Waals surface area contributed by atoms with Crippen molar-refractivity contribution in [2.45, 2.75) is 31.6 Å². The van der Waals surface area contributed by atoms with Crippen LogP contribution in [0.3, 0.4) is 0 Å². The van der Waals surface area contributed by atoms with E-state index in [4.69, 9.17) is 0 Å². The van der Waals surface area contributed by atoms with Crippen LogP contribution in [0.5, 0.6) is 0 Å². The van der Waals surface area contributed by atoms with Crippen LogP contribution < -0.4 is 5.32 Å². The molecule has 4 nitrogen and oxygen atoms in total. The van der Waals surface area contributed by atoms with Crippen LogP contribution in [0.15, 0.2) is 18.2 Å². The van der Waals surface area contributed by atoms with E-state index in [1.807, 2.05) is 6.07 Å². The molecule has 0 radical (unpaired) electrons. The summed E-state index contributed by atoms with van der Waals surface area (Å²) in [4.78, 5) is 24.1. The molecule has 2 amide bonds. The minimum absolute atomic E-state index is 0.180. The molecule has 1 fully saturated rings. The molecule has 0 aromatic heterocycles. The van der Waals surface area contributed by atoms with Crippen molar-refractivity contribution < 1.29 is 14.0 Å². The highest BCUT2D eigenvalue weighted by Gasteiger charge is 2.21. The van der Waals surface area contributed by atoms with Gasteiger partial charge in [-0.3, -0.25) is 4.79 Å². The smallest absolute Gasteiger partial charge is 0.321 e. The Morgan fingerprint density at radius 2 is 1.95 bits per heavy atom. The van der Waals surface area contributed by atoms with Gasteiger partial charge in [0.25, 0.3) is 0 Å². The van der Waals surface area contributed by atoms with E-state index in [1.54, 1.807) is 20.2 Å². The average Bonchev–Trinajstić information content (AvgIpc) is 2.41. The topological polar surface area (TPSA) is 49.4 Å². The number of carbonyl (C=O) groups excluding carboxylic acids is 2. The van der Waals surface area contributed by atoms with Gasteiger partial charge in [-0.2, -0.15) is 0 Å². The number of ketones is 1. The zero-order valence-corrected chi connectivity index (χ0v) is 11.8. The van der Waals surface area contributed by atoms with Crippen molar-refractivity contribution in [2.75, 3.05) is 19.4 Å². The maximum Gasteiger partial charge on any atom is 0.321 e. The standard InChI is InChI=1S/C15H19FN2O2/c1-18(2)15(20)17-14-8-5-11(9-13(14)16)10-3-6-12(19)7-4-10/h5,8-10H,3-4,6-7H2,1-2H3,(H,17,20). The first-order valence-corrected chi connectivity index (χ1v) is 6.77. The fourth-order valence-corrected chi connectivity index (χ4v) is 2.39. The minimum atomic E-state index is -0.436. The second-order valence-electron chi connectivity index (χ2n) is 5.38. The van der Waals surface area contributed by atoms with Crippen LogP contribution >= 0.6 is 0 Å². The summed E-state index contributed by atoms with van der Waals surface area (Å²) < 4.78 is 14.0. The van der Waals surface area contributed by atoms with Gasteiger partial charge in [-0.15, -0.1) is 0 Å². The third-order valence-corrected chi connectivity index (χ3v) is 3.66. The number of hydrogen-bond donors (Lipinski definition) is 1. The van der Waals surface area contributed by atoms with Gasteiger partial charge >= 0.3 is 6.03 Å². The molecule has 0 unspecified atom stereocenters. The lowest BCUT2D eigenvalue weighted by atomic mass is 9.83. The number of rotatable bonds is 2. The summed E-state index contributed by atoms with van der Waals surface area (Å²) in [6.45, 7) is 0. The molecule has 2 rings (SSSR count). The van der Waals surface area contributed by atoms with Gasteiger partial charge < -0.3 is 10.2 Å². The van der Waals surface area contributed by atoms with Crippen molar-refractivity contribution >= 4 is 17.5 Å². The maximum absolute atomic E-state index is 14.0. The second-order valence-corrected chi connectivity index (χ2v) is 5.38. The monoisotopic (exact) mass is 278 g/mol. The van der Waals surface area contributed by atoms with Crippen molar-refractivity contribution in [1.82, 2.24) is 4.90 Å². The van der Waals surface area contributed by atoms with Crippen LogP contribution in [0.2, 0.25) is 0 Å². The fraction of sp³-hybridized carbons (Fsp3) is 0.467. The summed E-state index contributed by atoms with van der Waals surface area (Å²) in [5.41, 5.74) is 1.08. The van der Waals surface area contributed by atoms with E-state index in [0.29, 0.717) is 12.8 Å². The number of carbonyl (C=O) groups is 2. The number of urea groups is 1. The predicted octanol–water partition coefficient (Wildman–Crippen LogP) is 3.15. The Morgan fingerprint density at radius 3 is 2.50 bits per heavy atom. The molecule has 1 aromatic carbocycles. The van der Waals surface area contributed by atoms with Crippen LogP contribution in [0, 0.1) is 5.82 Å². The quantitative estimate of drug-likeness (QED) is 0.903. The molecule has 20 heavy (non-hydrogen) atoms. The van der Waals surface area contributed by atoms with Gasteiger partial charge in [0.05, 0.1) is 5.69 Å². The summed E-state index contributed by atoms with van der Waals surface area (Å²) in [6.07, 6.45) is 2.71. The normalized spacial score (nSPS) is 16.1. The maximum atomic E-state index is 14.0. The predicted molar refractivity (Wildman–Crippen MR) is 75.3 cm³/mol. The first kappa shape index (κ1) is 14.5. The molecule has 108 valence electrons. The van der Waals surface area contributed by atoms with E-state index in [9.17, 15) is 14.0 Å². The molecule has 1 saturated carbocycles. The van der Waals surface area contributed by atoms with Crippen LogP contribution in [0.4, 0.5) is 14.9 Å². The Hall–Kier alpha value is -1.91. The summed E-state index contributed by atoms with van der Waals surface area (Å²) in [7, 11) is 3.20. The van der Waals surface area contributed by atoms with Crippen molar-refractivity contribution in [3.63, 3.8) is 0 Å². The van der Waals surface area contributed by atoms with Crippen molar-refractivity contribution in [3.8, 4) is 0 Å². The van der Waals surface area contributed by atoms with Gasteiger partial charge in [-0.05, 0) is 36.5 Å². The molecule has 1 aromatic rings. The third kappa shape index (κ3) is 3.35. The summed E-state index contributed by atoms with van der Waals surface area (Å²) in [6, 6.07) is 4.52. The second kappa shape index (κ2) is 6.03.